The van der Waals surface area contributed by atoms with Crippen LogP contribution in [-0.4, -0.2) is 61.2 Å². The van der Waals surface area contributed by atoms with Crippen LogP contribution in [-0.2, 0) is 4.79 Å². The van der Waals surface area contributed by atoms with Gasteiger partial charge in [0.15, 0.2) is 0 Å². The Bertz CT molecular complexity index is 196. The summed E-state index contributed by atoms with van der Waals surface area (Å²) >= 11 is 0. The number of likely N-dealkylation sites (N-methyl/N-ethyl adjacent to an activating group) is 1. The Balaban J connectivity index is 3.81. The van der Waals surface area contributed by atoms with E-state index in [2.05, 4.69) is 5.92 Å². The van der Waals surface area contributed by atoms with E-state index in [0.29, 0.717) is 13.1 Å². The quantitative estimate of drug-likeness (QED) is 0.569. The van der Waals surface area contributed by atoms with Crippen LogP contribution in [0.15, 0.2) is 0 Å². The van der Waals surface area contributed by atoms with Crippen LogP contribution in [0.5, 0.6) is 0 Å². The number of carbonyl (C=O) groups is 1. The SMILES string of the molecule is C#CCN(CCN(C)C)CC(=O)O. The molecule has 0 amide bonds. The Morgan fingerprint density at radius 2 is 2.08 bits per heavy atom. The topological polar surface area (TPSA) is 43.8 Å². The first-order chi connectivity index (χ1) is 6.06. The largest absolute Gasteiger partial charge is 0.480 e. The van der Waals surface area contributed by atoms with Gasteiger partial charge in [-0.3, -0.25) is 9.69 Å². The fourth-order valence-electron chi connectivity index (χ4n) is 0.876. The van der Waals surface area contributed by atoms with Gasteiger partial charge in [0.05, 0.1) is 13.1 Å². The number of carboxylic acid groups (broad SMARTS) is 1. The third kappa shape index (κ3) is 7.32. The van der Waals surface area contributed by atoms with E-state index in [1.165, 1.54) is 0 Å². The summed E-state index contributed by atoms with van der Waals surface area (Å²) < 4.78 is 0. The van der Waals surface area contributed by atoms with Gasteiger partial charge in [0, 0.05) is 13.1 Å². The van der Waals surface area contributed by atoms with Crippen LogP contribution in [0.1, 0.15) is 0 Å². The molecule has 4 nitrogen and oxygen atoms in total. The van der Waals surface area contributed by atoms with E-state index in [-0.39, 0.29) is 6.54 Å². The van der Waals surface area contributed by atoms with Crippen molar-refractivity contribution in [2.24, 2.45) is 0 Å². The van der Waals surface area contributed by atoms with Crippen LogP contribution in [0.25, 0.3) is 0 Å². The molecule has 1 N–H and O–H groups in total. The Morgan fingerprint density at radius 1 is 1.46 bits per heavy atom. The third-order valence-electron chi connectivity index (χ3n) is 1.54. The molecule has 0 saturated carbocycles. The summed E-state index contributed by atoms with van der Waals surface area (Å²) in [5, 5.41) is 8.55. The molecule has 0 unspecified atom stereocenters. The second-order valence-corrected chi connectivity index (χ2v) is 3.11. The molecule has 0 atom stereocenters. The van der Waals surface area contributed by atoms with Crippen LogP contribution in [0.4, 0.5) is 0 Å². The first-order valence-corrected chi connectivity index (χ1v) is 4.08. The van der Waals surface area contributed by atoms with Gasteiger partial charge in [-0.05, 0) is 14.1 Å². The van der Waals surface area contributed by atoms with E-state index in [1.807, 2.05) is 19.0 Å². The highest BCUT2D eigenvalue weighted by Gasteiger charge is 2.07. The fraction of sp³-hybridized carbons (Fsp3) is 0.667. The van der Waals surface area contributed by atoms with Gasteiger partial charge in [-0.1, -0.05) is 5.92 Å². The minimum absolute atomic E-state index is 0.0119. The molecular weight excluding hydrogens is 168 g/mol. The average Bonchev–Trinajstić information content (AvgIpc) is 1.99. The second-order valence-electron chi connectivity index (χ2n) is 3.11. The van der Waals surface area contributed by atoms with Gasteiger partial charge in [-0.15, -0.1) is 6.42 Å². The number of hydrogen-bond donors (Lipinski definition) is 1. The number of aliphatic carboxylic acids is 1. The van der Waals surface area contributed by atoms with Gasteiger partial charge in [0.2, 0.25) is 0 Å². The zero-order valence-corrected chi connectivity index (χ0v) is 8.16. The van der Waals surface area contributed by atoms with Crippen molar-refractivity contribution in [1.82, 2.24) is 9.80 Å². The highest BCUT2D eigenvalue weighted by molar-refractivity contribution is 5.69. The molecule has 0 saturated heterocycles. The number of terminal acetylenes is 1. The van der Waals surface area contributed by atoms with Crippen molar-refractivity contribution in [3.8, 4) is 12.3 Å². The normalized spacial score (nSPS) is 10.4. The predicted molar refractivity (Wildman–Crippen MR) is 51.5 cm³/mol. The van der Waals surface area contributed by atoms with Gasteiger partial charge in [0.1, 0.15) is 0 Å². The van der Waals surface area contributed by atoms with Crippen molar-refractivity contribution in [3.63, 3.8) is 0 Å². The van der Waals surface area contributed by atoms with Crippen LogP contribution in [0.3, 0.4) is 0 Å². The molecular formula is C9H16N2O2. The van der Waals surface area contributed by atoms with Crippen LogP contribution >= 0.6 is 0 Å². The van der Waals surface area contributed by atoms with E-state index >= 15 is 0 Å². The number of hydrogen-bond acceptors (Lipinski definition) is 3. The van der Waals surface area contributed by atoms with Gasteiger partial charge in [-0.2, -0.15) is 0 Å². The van der Waals surface area contributed by atoms with Crippen molar-refractivity contribution in [2.45, 2.75) is 0 Å². The summed E-state index contributed by atoms with van der Waals surface area (Å²) in [5.74, 6) is 1.60. The fourth-order valence-corrected chi connectivity index (χ4v) is 0.876. The lowest BCUT2D eigenvalue weighted by Gasteiger charge is -2.19. The van der Waals surface area contributed by atoms with Crippen LogP contribution < -0.4 is 0 Å². The summed E-state index contributed by atoms with van der Waals surface area (Å²) in [6.45, 7) is 1.90. The van der Waals surface area contributed by atoms with E-state index in [0.717, 1.165) is 6.54 Å². The summed E-state index contributed by atoms with van der Waals surface area (Å²) in [5.41, 5.74) is 0. The lowest BCUT2D eigenvalue weighted by molar-refractivity contribution is -0.138. The van der Waals surface area contributed by atoms with Gasteiger partial charge in [0.25, 0.3) is 0 Å². The average molecular weight is 184 g/mol. The maximum absolute atomic E-state index is 10.4. The molecule has 0 aromatic carbocycles. The zero-order chi connectivity index (χ0) is 10.3. The molecule has 0 aliphatic carbocycles. The highest BCUT2D eigenvalue weighted by Crippen LogP contribution is 1.88. The number of nitrogens with zero attached hydrogens (tertiary/aromatic N) is 2. The number of rotatable bonds is 6. The van der Waals surface area contributed by atoms with Crippen molar-refractivity contribution in [3.05, 3.63) is 0 Å². The number of carboxylic acids is 1. The summed E-state index contributed by atoms with van der Waals surface area (Å²) in [6, 6.07) is 0. The highest BCUT2D eigenvalue weighted by atomic mass is 16.4. The molecule has 74 valence electrons. The molecule has 0 aromatic rings. The zero-order valence-electron chi connectivity index (χ0n) is 8.16. The van der Waals surface area contributed by atoms with E-state index in [9.17, 15) is 4.79 Å². The molecule has 0 aliphatic heterocycles. The Hall–Kier alpha value is -1.05. The molecule has 0 rings (SSSR count). The smallest absolute Gasteiger partial charge is 0.317 e. The van der Waals surface area contributed by atoms with E-state index in [4.69, 9.17) is 11.5 Å². The maximum Gasteiger partial charge on any atom is 0.317 e. The van der Waals surface area contributed by atoms with Crippen molar-refractivity contribution in [1.29, 1.82) is 0 Å². The molecule has 4 heteroatoms. The standard InChI is InChI=1S/C9H16N2O2/c1-4-5-11(8-9(12)13)7-6-10(2)3/h1H,5-8H2,2-3H3,(H,12,13). The lowest BCUT2D eigenvalue weighted by atomic mass is 10.4. The molecule has 0 aromatic heterocycles. The molecule has 0 heterocycles. The predicted octanol–water partition coefficient (Wildman–Crippen LogP) is -0.432. The molecule has 0 aliphatic rings. The van der Waals surface area contributed by atoms with Crippen LogP contribution in [0, 0.1) is 12.3 Å². The van der Waals surface area contributed by atoms with Gasteiger partial charge >= 0.3 is 5.97 Å². The van der Waals surface area contributed by atoms with E-state index in [1.54, 1.807) is 4.90 Å². The second kappa shape index (κ2) is 6.46. The first-order valence-electron chi connectivity index (χ1n) is 4.08. The van der Waals surface area contributed by atoms with E-state index < -0.39 is 5.97 Å². The Morgan fingerprint density at radius 3 is 2.46 bits per heavy atom. The Labute approximate surface area is 79.1 Å². The summed E-state index contributed by atoms with van der Waals surface area (Å²) in [6.07, 6.45) is 5.11. The molecule has 0 bridgehead atoms. The monoisotopic (exact) mass is 184 g/mol. The molecule has 0 spiro atoms. The summed E-state index contributed by atoms with van der Waals surface area (Å²) in [4.78, 5) is 14.1. The van der Waals surface area contributed by atoms with Gasteiger partial charge < -0.3 is 10.0 Å². The molecule has 0 radical (unpaired) electrons. The van der Waals surface area contributed by atoms with Crippen molar-refractivity contribution in [2.75, 3.05) is 40.3 Å². The van der Waals surface area contributed by atoms with Gasteiger partial charge in [-0.25, -0.2) is 0 Å². The third-order valence-corrected chi connectivity index (χ3v) is 1.54. The minimum atomic E-state index is -0.839. The van der Waals surface area contributed by atoms with Crippen LogP contribution in [0.2, 0.25) is 0 Å². The first kappa shape index (κ1) is 11.9. The molecule has 13 heavy (non-hydrogen) atoms. The van der Waals surface area contributed by atoms with Crippen molar-refractivity contribution >= 4 is 5.97 Å². The molecule has 0 fully saturated rings. The Kier molecular flexibility index (Phi) is 5.94. The summed E-state index contributed by atoms with van der Waals surface area (Å²) in [7, 11) is 3.88. The minimum Gasteiger partial charge on any atom is -0.480 e. The lowest BCUT2D eigenvalue weighted by Crippen LogP contribution is -2.35. The maximum atomic E-state index is 10.4. The van der Waals surface area contributed by atoms with Crippen molar-refractivity contribution < 1.29 is 9.90 Å².